The van der Waals surface area contributed by atoms with E-state index in [0.717, 1.165) is 6.07 Å². The van der Waals surface area contributed by atoms with Gasteiger partial charge in [-0.3, -0.25) is 0 Å². The Kier molecular flexibility index (Phi) is 3.63. The minimum atomic E-state index is -4.31. The third kappa shape index (κ3) is 2.76. The van der Waals surface area contributed by atoms with Gasteiger partial charge in [-0.2, -0.15) is 13.2 Å². The van der Waals surface area contributed by atoms with Gasteiger partial charge in [-0.05, 0) is 30.0 Å². The molecular weight excluding hydrogens is 215 g/mol. The zero-order valence-corrected chi connectivity index (χ0v) is 9.60. The summed E-state index contributed by atoms with van der Waals surface area (Å²) in [6.07, 6.45) is -4.31. The van der Waals surface area contributed by atoms with Gasteiger partial charge in [-0.15, -0.1) is 0 Å². The molecule has 4 heteroatoms. The fourth-order valence-electron chi connectivity index (χ4n) is 1.54. The highest BCUT2D eigenvalue weighted by Gasteiger charge is 2.32. The van der Waals surface area contributed by atoms with Crippen LogP contribution in [0.1, 0.15) is 36.6 Å². The molecule has 0 saturated carbocycles. The second-order valence-electron chi connectivity index (χ2n) is 4.34. The van der Waals surface area contributed by atoms with E-state index in [0.29, 0.717) is 5.56 Å². The third-order valence-electron chi connectivity index (χ3n) is 2.67. The SMILES string of the molecule is Cc1ccc([C@H](N)C(C)C)cc1C(F)(F)F. The molecule has 2 N–H and O–H groups in total. The van der Waals surface area contributed by atoms with Gasteiger partial charge in [0.2, 0.25) is 0 Å². The molecule has 1 aromatic rings. The second-order valence-corrected chi connectivity index (χ2v) is 4.34. The van der Waals surface area contributed by atoms with Crippen LogP contribution in [-0.2, 0) is 6.18 Å². The zero-order chi connectivity index (χ0) is 12.5. The van der Waals surface area contributed by atoms with E-state index in [1.54, 1.807) is 6.07 Å². The van der Waals surface area contributed by atoms with E-state index in [1.807, 2.05) is 13.8 Å². The largest absolute Gasteiger partial charge is 0.416 e. The maximum absolute atomic E-state index is 12.7. The molecule has 0 fully saturated rings. The minimum absolute atomic E-state index is 0.115. The Morgan fingerprint density at radius 2 is 1.75 bits per heavy atom. The van der Waals surface area contributed by atoms with Crippen LogP contribution in [0.2, 0.25) is 0 Å². The Morgan fingerprint density at radius 3 is 2.19 bits per heavy atom. The molecule has 0 saturated heterocycles. The first kappa shape index (κ1) is 13.0. The predicted octanol–water partition coefficient (Wildman–Crippen LogP) is 3.67. The Hall–Kier alpha value is -1.03. The molecule has 0 aromatic heterocycles. The highest BCUT2D eigenvalue weighted by Crippen LogP contribution is 2.33. The van der Waals surface area contributed by atoms with Crippen molar-refractivity contribution in [1.29, 1.82) is 0 Å². The van der Waals surface area contributed by atoms with Crippen LogP contribution < -0.4 is 5.73 Å². The van der Waals surface area contributed by atoms with Crippen molar-refractivity contribution >= 4 is 0 Å². The molecule has 1 nitrogen and oxygen atoms in total. The average Bonchev–Trinajstić information content (AvgIpc) is 2.15. The molecule has 0 spiro atoms. The summed E-state index contributed by atoms with van der Waals surface area (Å²) in [6, 6.07) is 3.93. The van der Waals surface area contributed by atoms with Gasteiger partial charge < -0.3 is 5.73 Å². The summed E-state index contributed by atoms with van der Waals surface area (Å²) in [6.45, 7) is 5.23. The maximum Gasteiger partial charge on any atom is 0.416 e. The Bertz CT molecular complexity index is 369. The van der Waals surface area contributed by atoms with Crippen molar-refractivity contribution in [2.24, 2.45) is 11.7 Å². The lowest BCUT2D eigenvalue weighted by molar-refractivity contribution is -0.138. The van der Waals surface area contributed by atoms with Crippen LogP contribution in [0.15, 0.2) is 18.2 Å². The van der Waals surface area contributed by atoms with Crippen LogP contribution in [0.4, 0.5) is 13.2 Å². The Morgan fingerprint density at radius 1 is 1.19 bits per heavy atom. The molecule has 1 atom stereocenters. The summed E-state index contributed by atoms with van der Waals surface area (Å²) in [5.74, 6) is 0.115. The fourth-order valence-corrected chi connectivity index (χ4v) is 1.54. The first-order valence-electron chi connectivity index (χ1n) is 5.17. The molecule has 0 unspecified atom stereocenters. The molecule has 1 rings (SSSR count). The summed E-state index contributed by atoms with van der Waals surface area (Å²) < 4.78 is 38.0. The number of hydrogen-bond donors (Lipinski definition) is 1. The smallest absolute Gasteiger partial charge is 0.324 e. The van der Waals surface area contributed by atoms with Crippen LogP contribution in [0.5, 0.6) is 0 Å². The van der Waals surface area contributed by atoms with Gasteiger partial charge in [-0.1, -0.05) is 26.0 Å². The number of benzene rings is 1. The van der Waals surface area contributed by atoms with E-state index < -0.39 is 11.7 Å². The van der Waals surface area contributed by atoms with E-state index in [4.69, 9.17) is 5.73 Å². The topological polar surface area (TPSA) is 26.0 Å². The highest BCUT2D eigenvalue weighted by molar-refractivity contribution is 5.34. The van der Waals surface area contributed by atoms with Crippen molar-refractivity contribution in [2.75, 3.05) is 0 Å². The highest BCUT2D eigenvalue weighted by atomic mass is 19.4. The first-order valence-corrected chi connectivity index (χ1v) is 5.17. The van der Waals surface area contributed by atoms with E-state index in [9.17, 15) is 13.2 Å². The first-order chi connectivity index (χ1) is 7.23. The summed E-state index contributed by atoms with van der Waals surface area (Å²) in [7, 11) is 0. The molecule has 0 heterocycles. The molecule has 90 valence electrons. The Balaban J connectivity index is 3.18. The number of aryl methyl sites for hydroxylation is 1. The van der Waals surface area contributed by atoms with E-state index >= 15 is 0 Å². The van der Waals surface area contributed by atoms with E-state index in [-0.39, 0.29) is 17.5 Å². The quantitative estimate of drug-likeness (QED) is 0.825. The minimum Gasteiger partial charge on any atom is -0.324 e. The van der Waals surface area contributed by atoms with E-state index in [2.05, 4.69) is 0 Å². The number of nitrogens with two attached hydrogens (primary N) is 1. The summed E-state index contributed by atoms with van der Waals surface area (Å²) in [4.78, 5) is 0. The summed E-state index contributed by atoms with van der Waals surface area (Å²) in [5.41, 5.74) is 6.00. The number of hydrogen-bond acceptors (Lipinski definition) is 1. The van der Waals surface area contributed by atoms with Crippen LogP contribution in [0.25, 0.3) is 0 Å². The van der Waals surface area contributed by atoms with Crippen molar-refractivity contribution in [3.05, 3.63) is 34.9 Å². The van der Waals surface area contributed by atoms with Crippen LogP contribution in [-0.4, -0.2) is 0 Å². The number of alkyl halides is 3. The van der Waals surface area contributed by atoms with Gasteiger partial charge >= 0.3 is 6.18 Å². The monoisotopic (exact) mass is 231 g/mol. The summed E-state index contributed by atoms with van der Waals surface area (Å²) >= 11 is 0. The maximum atomic E-state index is 12.7. The lowest BCUT2D eigenvalue weighted by atomic mass is 9.94. The van der Waals surface area contributed by atoms with Crippen LogP contribution in [0, 0.1) is 12.8 Å². The molecule has 0 aliphatic carbocycles. The third-order valence-corrected chi connectivity index (χ3v) is 2.67. The van der Waals surface area contributed by atoms with Gasteiger partial charge in [0.25, 0.3) is 0 Å². The summed E-state index contributed by atoms with van der Waals surface area (Å²) in [5, 5.41) is 0. The average molecular weight is 231 g/mol. The lowest BCUT2D eigenvalue weighted by Gasteiger charge is -2.18. The lowest BCUT2D eigenvalue weighted by Crippen LogP contribution is -2.18. The van der Waals surface area contributed by atoms with Crippen molar-refractivity contribution in [1.82, 2.24) is 0 Å². The molecule has 1 aromatic carbocycles. The molecule has 0 aliphatic heterocycles. The fraction of sp³-hybridized carbons (Fsp3) is 0.500. The van der Waals surface area contributed by atoms with E-state index in [1.165, 1.54) is 13.0 Å². The second kappa shape index (κ2) is 4.45. The van der Waals surface area contributed by atoms with Gasteiger partial charge in [0, 0.05) is 6.04 Å². The standard InChI is InChI=1S/C12H16F3N/c1-7(2)11(16)9-5-4-8(3)10(6-9)12(13,14)15/h4-7,11H,16H2,1-3H3/t11-/m1/s1. The number of rotatable bonds is 2. The van der Waals surface area contributed by atoms with Crippen molar-refractivity contribution in [3.8, 4) is 0 Å². The van der Waals surface area contributed by atoms with Crippen molar-refractivity contribution < 1.29 is 13.2 Å². The normalized spacial score (nSPS) is 14.2. The number of halogens is 3. The van der Waals surface area contributed by atoms with Gasteiger partial charge in [0.15, 0.2) is 0 Å². The van der Waals surface area contributed by atoms with Crippen molar-refractivity contribution in [2.45, 2.75) is 33.0 Å². The molecule has 0 amide bonds. The van der Waals surface area contributed by atoms with Crippen molar-refractivity contribution in [3.63, 3.8) is 0 Å². The van der Waals surface area contributed by atoms with Gasteiger partial charge in [0.05, 0.1) is 5.56 Å². The zero-order valence-electron chi connectivity index (χ0n) is 9.60. The molecule has 16 heavy (non-hydrogen) atoms. The predicted molar refractivity (Wildman–Crippen MR) is 57.9 cm³/mol. The van der Waals surface area contributed by atoms with Crippen LogP contribution in [0.3, 0.4) is 0 Å². The molecule has 0 bridgehead atoms. The molecular formula is C12H16F3N. The van der Waals surface area contributed by atoms with Gasteiger partial charge in [0.1, 0.15) is 0 Å². The van der Waals surface area contributed by atoms with Gasteiger partial charge in [-0.25, -0.2) is 0 Å². The van der Waals surface area contributed by atoms with Crippen LogP contribution >= 0.6 is 0 Å². The Labute approximate surface area is 93.5 Å². The molecule has 0 aliphatic rings. The molecule has 0 radical (unpaired) electrons.